The maximum absolute atomic E-state index is 12.6. The van der Waals surface area contributed by atoms with Crippen molar-refractivity contribution in [2.75, 3.05) is 6.54 Å². The molecule has 0 bridgehead atoms. The summed E-state index contributed by atoms with van der Waals surface area (Å²) >= 11 is 4.35. The van der Waals surface area contributed by atoms with Crippen LogP contribution >= 0.6 is 12.6 Å². The lowest BCUT2D eigenvalue weighted by Gasteiger charge is -2.32. The van der Waals surface area contributed by atoms with Gasteiger partial charge in [0, 0.05) is 5.56 Å². The van der Waals surface area contributed by atoms with Crippen LogP contribution in [-0.2, 0) is 11.3 Å². The summed E-state index contributed by atoms with van der Waals surface area (Å²) in [5.41, 5.74) is -0.0318. The summed E-state index contributed by atoms with van der Waals surface area (Å²) < 4.78 is 5.17. The second kappa shape index (κ2) is 9.15. The van der Waals surface area contributed by atoms with Crippen molar-refractivity contribution in [1.29, 1.82) is 0 Å². The van der Waals surface area contributed by atoms with Gasteiger partial charge in [-0.2, -0.15) is 17.5 Å². The third-order valence-corrected chi connectivity index (χ3v) is 4.71. The maximum atomic E-state index is 12.6. The Bertz CT molecular complexity index is 755. The Morgan fingerprint density at radius 1 is 1.12 bits per heavy atom. The Hall–Kier alpha value is -2.67. The van der Waals surface area contributed by atoms with E-state index >= 15 is 0 Å². The summed E-state index contributed by atoms with van der Waals surface area (Å²) in [6.07, 6.45) is -0.750. The molecule has 0 saturated carbocycles. The minimum Gasteiger partial charge on any atom is -0.445 e. The number of Topliss-reactive ketones (excluding diaryl/α,β-unsaturated/α-hetero) is 1. The lowest BCUT2D eigenvalue weighted by Crippen LogP contribution is -2.57. The van der Waals surface area contributed by atoms with Crippen molar-refractivity contribution in [3.05, 3.63) is 76.7 Å². The number of ketones is 1. The van der Waals surface area contributed by atoms with E-state index in [0.717, 1.165) is 5.56 Å². The van der Waals surface area contributed by atoms with E-state index in [1.165, 1.54) is 6.92 Å². The number of nitroso groups, excluding NO2 is 1. The monoisotopic (exact) mass is 372 g/mol. The van der Waals surface area contributed by atoms with Crippen LogP contribution in [0.2, 0.25) is 0 Å². The van der Waals surface area contributed by atoms with E-state index in [4.69, 9.17) is 4.74 Å². The van der Waals surface area contributed by atoms with Gasteiger partial charge in [0.25, 0.3) is 0 Å². The number of benzene rings is 2. The van der Waals surface area contributed by atoms with E-state index < -0.39 is 16.9 Å². The summed E-state index contributed by atoms with van der Waals surface area (Å²) in [6.45, 7) is 1.29. The zero-order valence-electron chi connectivity index (χ0n) is 14.3. The van der Waals surface area contributed by atoms with Gasteiger partial charge in [-0.05, 0) is 12.5 Å². The fourth-order valence-corrected chi connectivity index (χ4v) is 2.67. The lowest BCUT2D eigenvalue weighted by atomic mass is 9.91. The molecule has 0 aliphatic heterocycles. The van der Waals surface area contributed by atoms with Crippen molar-refractivity contribution in [2.24, 2.45) is 5.18 Å². The Balaban J connectivity index is 2.06. The largest absolute Gasteiger partial charge is 0.445 e. The molecule has 0 aliphatic carbocycles. The summed E-state index contributed by atoms with van der Waals surface area (Å²) in [5.74, 6) is -0.316. The first kappa shape index (κ1) is 19.7. The molecule has 2 aromatic rings. The molecule has 1 N–H and O–H groups in total. The number of nitrogens with one attached hydrogen (secondary N) is 1. The zero-order chi connectivity index (χ0) is 19.0. The van der Waals surface area contributed by atoms with Crippen LogP contribution in [0.5, 0.6) is 0 Å². The first-order valence-corrected chi connectivity index (χ1v) is 8.53. The topological polar surface area (TPSA) is 84.8 Å². The van der Waals surface area contributed by atoms with Gasteiger partial charge < -0.3 is 10.1 Å². The van der Waals surface area contributed by atoms with Crippen LogP contribution in [-0.4, -0.2) is 29.2 Å². The quantitative estimate of drug-likeness (QED) is 0.421. The van der Waals surface area contributed by atoms with Crippen LogP contribution in [0.4, 0.5) is 4.79 Å². The van der Waals surface area contributed by atoms with Crippen LogP contribution in [0.1, 0.15) is 22.8 Å². The van der Waals surface area contributed by atoms with Crippen molar-refractivity contribution in [1.82, 2.24) is 5.32 Å². The standard InChI is InChI=1S/C19H20N2O4S/c1-19(13-20-24,17(26)16(22)15-10-6-3-7-11-15)21-18(23)25-12-14-8-4-2-5-9-14/h2-11,17,26H,12-13H2,1H3,(H,21,23)/t17?,19-/m1/s1. The molecule has 7 heteroatoms. The number of thiol groups is 1. The predicted octanol–water partition coefficient (Wildman–Crippen LogP) is 3.62. The van der Waals surface area contributed by atoms with Crippen LogP contribution in [0.15, 0.2) is 65.8 Å². The van der Waals surface area contributed by atoms with Gasteiger partial charge in [0.1, 0.15) is 13.2 Å². The smallest absolute Gasteiger partial charge is 0.408 e. The summed E-state index contributed by atoms with van der Waals surface area (Å²) in [6, 6.07) is 17.7. The number of alkyl carbamates (subject to hydrolysis) is 1. The van der Waals surface area contributed by atoms with E-state index in [-0.39, 0.29) is 18.9 Å². The van der Waals surface area contributed by atoms with Crippen molar-refractivity contribution < 1.29 is 14.3 Å². The molecule has 0 aliphatic rings. The third kappa shape index (κ3) is 5.16. The summed E-state index contributed by atoms with van der Waals surface area (Å²) in [5, 5.41) is 4.45. The highest BCUT2D eigenvalue weighted by molar-refractivity contribution is 7.82. The molecule has 26 heavy (non-hydrogen) atoms. The maximum Gasteiger partial charge on any atom is 0.408 e. The number of hydrogen-bond acceptors (Lipinski definition) is 6. The number of ether oxygens (including phenoxy) is 1. The predicted molar refractivity (Wildman–Crippen MR) is 102 cm³/mol. The van der Waals surface area contributed by atoms with E-state index in [1.807, 2.05) is 30.3 Å². The Labute approximate surface area is 157 Å². The van der Waals surface area contributed by atoms with Gasteiger partial charge in [-0.15, -0.1) is 0 Å². The molecule has 1 amide bonds. The Morgan fingerprint density at radius 2 is 1.69 bits per heavy atom. The van der Waals surface area contributed by atoms with Gasteiger partial charge in [-0.3, -0.25) is 4.79 Å². The molecule has 136 valence electrons. The highest BCUT2D eigenvalue weighted by Gasteiger charge is 2.39. The van der Waals surface area contributed by atoms with Crippen molar-refractivity contribution in [3.63, 3.8) is 0 Å². The van der Waals surface area contributed by atoms with Crippen molar-refractivity contribution >= 4 is 24.5 Å². The van der Waals surface area contributed by atoms with Crippen LogP contribution < -0.4 is 5.32 Å². The fraction of sp³-hybridized carbons (Fsp3) is 0.263. The highest BCUT2D eigenvalue weighted by Crippen LogP contribution is 2.22. The van der Waals surface area contributed by atoms with Crippen LogP contribution in [0.25, 0.3) is 0 Å². The van der Waals surface area contributed by atoms with Gasteiger partial charge in [-0.1, -0.05) is 65.8 Å². The molecule has 2 atom stereocenters. The van der Waals surface area contributed by atoms with E-state index in [1.54, 1.807) is 30.3 Å². The number of carbonyl (C=O) groups excluding carboxylic acids is 2. The van der Waals surface area contributed by atoms with E-state index in [2.05, 4.69) is 23.1 Å². The summed E-state index contributed by atoms with van der Waals surface area (Å²) in [7, 11) is 0. The van der Waals surface area contributed by atoms with Crippen molar-refractivity contribution in [3.8, 4) is 0 Å². The van der Waals surface area contributed by atoms with Gasteiger partial charge >= 0.3 is 6.09 Å². The molecular weight excluding hydrogens is 352 g/mol. The van der Waals surface area contributed by atoms with Crippen LogP contribution in [0, 0.1) is 4.91 Å². The van der Waals surface area contributed by atoms with Gasteiger partial charge in [0.15, 0.2) is 5.78 Å². The number of hydrogen-bond donors (Lipinski definition) is 2. The van der Waals surface area contributed by atoms with E-state index in [9.17, 15) is 14.5 Å². The fourth-order valence-electron chi connectivity index (χ4n) is 2.37. The molecule has 0 radical (unpaired) electrons. The van der Waals surface area contributed by atoms with Crippen LogP contribution in [0.3, 0.4) is 0 Å². The van der Waals surface area contributed by atoms with Gasteiger partial charge in [-0.25, -0.2) is 4.79 Å². The summed E-state index contributed by atoms with van der Waals surface area (Å²) in [4.78, 5) is 35.6. The van der Waals surface area contributed by atoms with E-state index in [0.29, 0.717) is 5.56 Å². The zero-order valence-corrected chi connectivity index (χ0v) is 15.2. The first-order chi connectivity index (χ1) is 12.5. The minimum absolute atomic E-state index is 0.0706. The molecule has 0 fully saturated rings. The molecule has 0 spiro atoms. The second-order valence-electron chi connectivity index (χ2n) is 6.02. The average molecular weight is 372 g/mol. The molecule has 0 heterocycles. The molecule has 0 saturated heterocycles. The molecule has 0 aromatic heterocycles. The molecule has 2 rings (SSSR count). The molecular formula is C19H20N2O4S. The molecule has 2 aromatic carbocycles. The SMILES string of the molecule is C[C@](CN=O)(NC(=O)OCc1ccccc1)C(S)C(=O)c1ccccc1. The first-order valence-electron chi connectivity index (χ1n) is 8.01. The lowest BCUT2D eigenvalue weighted by molar-refractivity contribution is 0.0943. The highest BCUT2D eigenvalue weighted by atomic mass is 32.1. The number of rotatable bonds is 8. The van der Waals surface area contributed by atoms with Gasteiger partial charge in [0.05, 0.1) is 10.8 Å². The average Bonchev–Trinajstić information content (AvgIpc) is 2.67. The second-order valence-corrected chi connectivity index (χ2v) is 6.54. The molecule has 6 nitrogen and oxygen atoms in total. The number of carbonyl (C=O) groups is 2. The normalized spacial score (nSPS) is 13.9. The van der Waals surface area contributed by atoms with Gasteiger partial charge in [0.2, 0.25) is 0 Å². The minimum atomic E-state index is -1.29. The Morgan fingerprint density at radius 3 is 2.27 bits per heavy atom. The Kier molecular flexibility index (Phi) is 6.91. The molecule has 1 unspecified atom stereocenters. The number of amides is 1. The third-order valence-electron chi connectivity index (χ3n) is 3.90. The number of nitrogens with zero attached hydrogens (tertiary/aromatic N) is 1. The van der Waals surface area contributed by atoms with Crippen molar-refractivity contribution in [2.45, 2.75) is 24.3 Å².